The maximum atomic E-state index is 12.0. The first kappa shape index (κ1) is 12.8. The van der Waals surface area contributed by atoms with Gasteiger partial charge < -0.3 is 9.84 Å². The number of benzene rings is 1. The van der Waals surface area contributed by atoms with Crippen molar-refractivity contribution in [3.63, 3.8) is 0 Å². The number of carboxylic acid groups (broad SMARTS) is 1. The minimum absolute atomic E-state index is 0.115. The van der Waals surface area contributed by atoms with Crippen molar-refractivity contribution >= 4 is 11.9 Å². The third kappa shape index (κ3) is 2.79. The van der Waals surface area contributed by atoms with Gasteiger partial charge in [0.05, 0.1) is 0 Å². The van der Waals surface area contributed by atoms with Crippen LogP contribution in [0.3, 0.4) is 0 Å². The Morgan fingerprint density at radius 3 is 2.58 bits per heavy atom. The molecule has 0 unspecified atom stereocenters. The lowest BCUT2D eigenvalue weighted by molar-refractivity contribution is 0.0687. The predicted octanol–water partition coefficient (Wildman–Crippen LogP) is 1.82. The molecule has 19 heavy (non-hydrogen) atoms. The van der Waals surface area contributed by atoms with Gasteiger partial charge in [0, 0.05) is 12.6 Å². The first-order valence-corrected chi connectivity index (χ1v) is 5.70. The van der Waals surface area contributed by atoms with Crippen LogP contribution in [0, 0.1) is 0 Å². The van der Waals surface area contributed by atoms with Crippen molar-refractivity contribution in [2.24, 2.45) is 0 Å². The molecular weight excluding hydrogens is 248 g/mol. The predicted molar refractivity (Wildman–Crippen MR) is 66.3 cm³/mol. The number of carbonyl (C=O) groups excluding carboxylic acids is 1. The molecule has 1 aromatic carbocycles. The molecule has 0 spiro atoms. The second-order valence-electron chi connectivity index (χ2n) is 3.74. The minimum atomic E-state index is -1.18. The van der Waals surface area contributed by atoms with Gasteiger partial charge in [-0.15, -0.1) is 0 Å². The summed E-state index contributed by atoms with van der Waals surface area (Å²) in [5, 5.41) is 12.7. The van der Waals surface area contributed by atoms with Crippen LogP contribution in [0.25, 0.3) is 0 Å². The molecule has 0 fully saturated rings. The number of aromatic carboxylic acids is 1. The monoisotopic (exact) mass is 260 g/mol. The van der Waals surface area contributed by atoms with E-state index in [-0.39, 0.29) is 11.4 Å². The molecule has 1 heterocycles. The summed E-state index contributed by atoms with van der Waals surface area (Å²) in [5.74, 6) is -1.41. The van der Waals surface area contributed by atoms with E-state index in [1.165, 1.54) is 10.7 Å². The third-order valence-electron chi connectivity index (χ3n) is 2.46. The molecule has 6 heteroatoms. The maximum Gasteiger partial charge on any atom is 0.362 e. The summed E-state index contributed by atoms with van der Waals surface area (Å²) in [7, 11) is 0. The molecule has 0 amide bonds. The van der Waals surface area contributed by atoms with E-state index in [0.717, 1.165) is 0 Å². The van der Waals surface area contributed by atoms with Crippen molar-refractivity contribution in [1.29, 1.82) is 0 Å². The van der Waals surface area contributed by atoms with Gasteiger partial charge in [0.2, 0.25) is 0 Å². The molecule has 1 aromatic heterocycles. The van der Waals surface area contributed by atoms with E-state index in [1.54, 1.807) is 37.3 Å². The van der Waals surface area contributed by atoms with Crippen LogP contribution in [0.1, 0.15) is 27.9 Å². The molecule has 0 atom stereocenters. The SMILES string of the molecule is CCn1nc(C(=O)O)cc1C(=O)Oc1ccccc1. The Kier molecular flexibility index (Phi) is 3.61. The molecule has 1 N–H and O–H groups in total. The van der Waals surface area contributed by atoms with Crippen LogP contribution in [0.15, 0.2) is 36.4 Å². The highest BCUT2D eigenvalue weighted by atomic mass is 16.5. The Morgan fingerprint density at radius 2 is 2.00 bits per heavy atom. The molecule has 0 saturated carbocycles. The highest BCUT2D eigenvalue weighted by Crippen LogP contribution is 2.13. The fraction of sp³-hybridized carbons (Fsp3) is 0.154. The summed E-state index contributed by atoms with van der Waals surface area (Å²) in [4.78, 5) is 22.8. The Morgan fingerprint density at radius 1 is 1.32 bits per heavy atom. The molecule has 0 aliphatic rings. The third-order valence-corrected chi connectivity index (χ3v) is 2.46. The van der Waals surface area contributed by atoms with E-state index < -0.39 is 11.9 Å². The molecular formula is C13H12N2O4. The number of carboxylic acids is 1. The number of ether oxygens (including phenoxy) is 1. The maximum absolute atomic E-state index is 12.0. The summed E-state index contributed by atoms with van der Waals surface area (Å²) < 4.78 is 6.44. The fourth-order valence-corrected chi connectivity index (χ4v) is 1.57. The molecule has 2 rings (SSSR count). The van der Waals surface area contributed by atoms with Crippen molar-refractivity contribution < 1.29 is 19.4 Å². The Bertz CT molecular complexity index is 604. The van der Waals surface area contributed by atoms with E-state index in [2.05, 4.69) is 5.10 Å². The molecule has 6 nitrogen and oxygen atoms in total. The normalized spacial score (nSPS) is 10.2. The summed E-state index contributed by atoms with van der Waals surface area (Å²) in [6.45, 7) is 2.14. The summed E-state index contributed by atoms with van der Waals surface area (Å²) in [5.41, 5.74) is -0.0642. The number of hydrogen-bond acceptors (Lipinski definition) is 4. The minimum Gasteiger partial charge on any atom is -0.476 e. The Balaban J connectivity index is 2.26. The molecule has 2 aromatic rings. The van der Waals surface area contributed by atoms with E-state index >= 15 is 0 Å². The van der Waals surface area contributed by atoms with Crippen molar-refractivity contribution in [3.8, 4) is 5.75 Å². The van der Waals surface area contributed by atoms with Gasteiger partial charge in [-0.2, -0.15) is 5.10 Å². The van der Waals surface area contributed by atoms with E-state index in [9.17, 15) is 9.59 Å². The van der Waals surface area contributed by atoms with Crippen molar-refractivity contribution in [2.45, 2.75) is 13.5 Å². The number of aryl methyl sites for hydroxylation is 1. The van der Waals surface area contributed by atoms with E-state index in [1.807, 2.05) is 0 Å². The summed E-state index contributed by atoms with van der Waals surface area (Å²) >= 11 is 0. The highest BCUT2D eigenvalue weighted by Gasteiger charge is 2.19. The van der Waals surface area contributed by atoms with Crippen LogP contribution in [-0.4, -0.2) is 26.8 Å². The van der Waals surface area contributed by atoms with Gasteiger partial charge in [0.15, 0.2) is 5.69 Å². The van der Waals surface area contributed by atoms with Gasteiger partial charge >= 0.3 is 11.9 Å². The lowest BCUT2D eigenvalue weighted by atomic mass is 10.3. The van der Waals surface area contributed by atoms with Crippen LogP contribution >= 0.6 is 0 Å². The zero-order valence-corrected chi connectivity index (χ0v) is 10.2. The zero-order chi connectivity index (χ0) is 13.8. The number of hydrogen-bond donors (Lipinski definition) is 1. The van der Waals surface area contributed by atoms with Gasteiger partial charge in [-0.05, 0) is 19.1 Å². The lowest BCUT2D eigenvalue weighted by Gasteiger charge is -2.05. The molecule has 0 radical (unpaired) electrons. The second kappa shape index (κ2) is 5.34. The van der Waals surface area contributed by atoms with Crippen molar-refractivity contribution in [2.75, 3.05) is 0 Å². The van der Waals surface area contributed by atoms with Gasteiger partial charge in [-0.1, -0.05) is 18.2 Å². The van der Waals surface area contributed by atoms with Crippen molar-refractivity contribution in [1.82, 2.24) is 9.78 Å². The van der Waals surface area contributed by atoms with Crippen LogP contribution in [0.2, 0.25) is 0 Å². The average Bonchev–Trinajstić information content (AvgIpc) is 2.84. The van der Waals surface area contributed by atoms with E-state index in [4.69, 9.17) is 9.84 Å². The molecule has 0 saturated heterocycles. The molecule has 0 aliphatic heterocycles. The van der Waals surface area contributed by atoms with Gasteiger partial charge in [-0.3, -0.25) is 4.68 Å². The smallest absolute Gasteiger partial charge is 0.362 e. The van der Waals surface area contributed by atoms with Crippen LogP contribution < -0.4 is 4.74 Å². The Hall–Kier alpha value is -2.63. The van der Waals surface area contributed by atoms with Gasteiger partial charge in [0.25, 0.3) is 0 Å². The largest absolute Gasteiger partial charge is 0.476 e. The van der Waals surface area contributed by atoms with Crippen LogP contribution in [0.5, 0.6) is 5.75 Å². The average molecular weight is 260 g/mol. The number of esters is 1. The van der Waals surface area contributed by atoms with E-state index in [0.29, 0.717) is 12.3 Å². The first-order valence-electron chi connectivity index (χ1n) is 5.70. The number of nitrogens with zero attached hydrogens (tertiary/aromatic N) is 2. The number of aromatic nitrogens is 2. The summed E-state index contributed by atoms with van der Waals surface area (Å²) in [6, 6.07) is 9.77. The number of rotatable bonds is 4. The van der Waals surface area contributed by atoms with Crippen LogP contribution in [-0.2, 0) is 6.54 Å². The van der Waals surface area contributed by atoms with Crippen LogP contribution in [0.4, 0.5) is 0 Å². The summed E-state index contributed by atoms with van der Waals surface area (Å²) in [6.07, 6.45) is 0. The number of carbonyl (C=O) groups is 2. The highest BCUT2D eigenvalue weighted by molar-refractivity contribution is 5.93. The second-order valence-corrected chi connectivity index (χ2v) is 3.74. The molecule has 98 valence electrons. The van der Waals surface area contributed by atoms with Gasteiger partial charge in [-0.25, -0.2) is 9.59 Å². The lowest BCUT2D eigenvalue weighted by Crippen LogP contribution is -2.14. The zero-order valence-electron chi connectivity index (χ0n) is 10.2. The molecule has 0 aliphatic carbocycles. The fourth-order valence-electron chi connectivity index (χ4n) is 1.57. The first-order chi connectivity index (χ1) is 9.11. The quantitative estimate of drug-likeness (QED) is 0.669. The standard InChI is InChI=1S/C13H12N2O4/c1-2-15-11(8-10(14-15)12(16)17)13(18)19-9-6-4-3-5-7-9/h3-8H,2H2,1H3,(H,16,17). The topological polar surface area (TPSA) is 81.4 Å². The van der Waals surface area contributed by atoms with Crippen molar-refractivity contribution in [3.05, 3.63) is 47.8 Å². The number of para-hydroxylation sites is 1. The Labute approximate surface area is 109 Å². The van der Waals surface area contributed by atoms with Gasteiger partial charge in [0.1, 0.15) is 11.4 Å². The molecule has 0 bridgehead atoms.